The van der Waals surface area contributed by atoms with Crippen LogP contribution in [0.5, 0.6) is 0 Å². The second-order valence-corrected chi connectivity index (χ2v) is 13.0. The molecular weight excluding hydrogens is 702 g/mol. The van der Waals surface area contributed by atoms with Gasteiger partial charge in [0.05, 0.1) is 32.0 Å². The number of hydrogen-bond acceptors (Lipinski definition) is 13. The van der Waals surface area contributed by atoms with Crippen molar-refractivity contribution in [2.75, 3.05) is 39.6 Å². The number of benzene rings is 1. The molecule has 0 radical (unpaired) electrons. The molecule has 54 heavy (non-hydrogen) atoms. The van der Waals surface area contributed by atoms with E-state index >= 15 is 0 Å². The molecule has 1 aliphatic rings. The van der Waals surface area contributed by atoms with Gasteiger partial charge in [-0.25, -0.2) is 14.4 Å². The average molecular weight is 764 g/mol. The molecule has 0 aliphatic carbocycles. The molecule has 0 spiro atoms. The third kappa shape index (κ3) is 18.7. The zero-order valence-electron chi connectivity index (χ0n) is 32.1. The lowest BCUT2D eigenvalue weighted by atomic mass is 9.99. The minimum Gasteiger partial charge on any atom is -0.464 e. The molecule has 0 amide bonds. The molecule has 0 bridgehead atoms. The third-order valence-corrected chi connectivity index (χ3v) is 8.71. The van der Waals surface area contributed by atoms with Crippen LogP contribution >= 0.6 is 0 Å². The van der Waals surface area contributed by atoms with Gasteiger partial charge in [0.25, 0.3) is 0 Å². The van der Waals surface area contributed by atoms with Crippen LogP contribution in [0, 0.1) is 0 Å². The van der Waals surface area contributed by atoms with Crippen LogP contribution in [0.4, 0.5) is 0 Å². The van der Waals surface area contributed by atoms with Crippen molar-refractivity contribution in [3.63, 3.8) is 0 Å². The Morgan fingerprint density at radius 1 is 0.852 bits per heavy atom. The number of allylic oxidation sites excluding steroid dienone is 1. The van der Waals surface area contributed by atoms with Gasteiger partial charge in [-0.1, -0.05) is 101 Å². The number of hydrogen-bond donors (Lipinski definition) is 2. The molecule has 304 valence electrons. The van der Waals surface area contributed by atoms with E-state index in [1.54, 1.807) is 50.3 Å². The van der Waals surface area contributed by atoms with Crippen molar-refractivity contribution in [2.24, 2.45) is 5.11 Å². The summed E-state index contributed by atoms with van der Waals surface area (Å²) in [6.45, 7) is 4.07. The highest BCUT2D eigenvalue weighted by Gasteiger charge is 2.46. The smallest absolute Gasteiger partial charge is 0.338 e. The number of carbonyl (C=O) groups is 3. The lowest BCUT2D eigenvalue weighted by Gasteiger charge is -2.42. The van der Waals surface area contributed by atoms with E-state index in [1.165, 1.54) is 51.4 Å². The molecule has 1 aromatic carbocycles. The molecule has 0 aromatic heterocycles. The summed E-state index contributed by atoms with van der Waals surface area (Å²) >= 11 is 0. The molecule has 2 N–H and O–H groups in total. The van der Waals surface area contributed by atoms with Gasteiger partial charge in [0.2, 0.25) is 0 Å². The van der Waals surface area contributed by atoms with Crippen molar-refractivity contribution in [3.05, 3.63) is 58.5 Å². The first-order chi connectivity index (χ1) is 26.2. The average Bonchev–Trinajstić information content (AvgIpc) is 3.16. The molecule has 1 aliphatic heterocycles. The highest BCUT2D eigenvalue weighted by atomic mass is 16.7. The van der Waals surface area contributed by atoms with Crippen molar-refractivity contribution >= 4 is 17.9 Å². The summed E-state index contributed by atoms with van der Waals surface area (Å²) in [5, 5.41) is 25.8. The van der Waals surface area contributed by atoms with Crippen LogP contribution in [0.25, 0.3) is 10.4 Å². The Morgan fingerprint density at radius 2 is 1.46 bits per heavy atom. The van der Waals surface area contributed by atoms with Gasteiger partial charge in [0.1, 0.15) is 49.8 Å². The molecule has 2 rings (SSSR count). The Morgan fingerprint density at radius 3 is 2.07 bits per heavy atom. The molecule has 1 heterocycles. The van der Waals surface area contributed by atoms with E-state index < -0.39 is 80.6 Å². The minimum atomic E-state index is -1.69. The van der Waals surface area contributed by atoms with Crippen LogP contribution in [-0.2, 0) is 42.7 Å². The summed E-state index contributed by atoms with van der Waals surface area (Å²) in [4.78, 5) is 39.8. The summed E-state index contributed by atoms with van der Waals surface area (Å²) < 4.78 is 38.3. The van der Waals surface area contributed by atoms with Crippen LogP contribution in [0.3, 0.4) is 0 Å². The quantitative estimate of drug-likeness (QED) is 0.0180. The van der Waals surface area contributed by atoms with Crippen LogP contribution in [0.1, 0.15) is 108 Å². The highest BCUT2D eigenvalue weighted by molar-refractivity contribution is 5.89. The topological polar surface area (TPSA) is 205 Å². The molecule has 1 aromatic rings. The summed E-state index contributed by atoms with van der Waals surface area (Å²) in [6, 6.07) is 7.28. The number of aliphatic hydroxyl groups excluding tert-OH is 2. The van der Waals surface area contributed by atoms with Gasteiger partial charge < -0.3 is 43.4 Å². The van der Waals surface area contributed by atoms with E-state index in [2.05, 4.69) is 16.9 Å². The van der Waals surface area contributed by atoms with Crippen molar-refractivity contribution in [3.8, 4) is 0 Å². The molecule has 0 unspecified atom stereocenters. The summed E-state index contributed by atoms with van der Waals surface area (Å²) in [7, 11) is 0. The number of esters is 3. The predicted molar refractivity (Wildman–Crippen MR) is 199 cm³/mol. The van der Waals surface area contributed by atoms with E-state index in [4.69, 9.17) is 33.2 Å². The first-order valence-electron chi connectivity index (χ1n) is 19.4. The second-order valence-electron chi connectivity index (χ2n) is 13.0. The van der Waals surface area contributed by atoms with E-state index in [-0.39, 0.29) is 19.8 Å². The standard InChI is InChI=1S/C39H61N3O12/c1-4-7-8-9-10-11-12-13-14-15-16-17-21-24-31(53-38(47)29-22-19-18-20-23-29)30(41-42-40)25-52-39-36(46)35(45)37(51-28-34(44)50-6-3)32(54-39)26-48-27-33(43)49-5-2/h18-24,30-32,35-37,39,45-46H,4-17,25-28H2,1-3H3/b24-21+/t30-,31+,32+,35+,36+,37-,39-/m0/s1. The molecular formula is C39H61N3O12. The summed E-state index contributed by atoms with van der Waals surface area (Å²) in [5.41, 5.74) is 9.76. The van der Waals surface area contributed by atoms with Gasteiger partial charge in [-0.05, 0) is 50.4 Å². The van der Waals surface area contributed by atoms with Crippen molar-refractivity contribution in [2.45, 2.75) is 141 Å². The molecule has 1 fully saturated rings. The van der Waals surface area contributed by atoms with Crippen molar-refractivity contribution in [1.82, 2.24) is 0 Å². The lowest BCUT2D eigenvalue weighted by molar-refractivity contribution is -0.309. The van der Waals surface area contributed by atoms with Crippen LogP contribution in [0.2, 0.25) is 0 Å². The lowest BCUT2D eigenvalue weighted by Crippen LogP contribution is -2.60. The number of aliphatic hydroxyl groups is 2. The number of azide groups is 1. The van der Waals surface area contributed by atoms with E-state index in [9.17, 15) is 30.1 Å². The van der Waals surface area contributed by atoms with Crippen molar-refractivity contribution < 1.29 is 57.8 Å². The fourth-order valence-corrected chi connectivity index (χ4v) is 5.83. The normalized spacial score (nSPS) is 20.9. The fourth-order valence-electron chi connectivity index (χ4n) is 5.83. The summed E-state index contributed by atoms with van der Waals surface area (Å²) in [6.07, 6.45) is 9.35. The first kappa shape index (κ1) is 46.6. The van der Waals surface area contributed by atoms with Crippen LogP contribution in [-0.4, -0.2) is 111 Å². The number of ether oxygens (including phenoxy) is 7. The molecule has 1 saturated heterocycles. The van der Waals surface area contributed by atoms with E-state index in [0.29, 0.717) is 5.56 Å². The number of unbranched alkanes of at least 4 members (excludes halogenated alkanes) is 11. The molecule has 0 saturated carbocycles. The van der Waals surface area contributed by atoms with E-state index in [0.717, 1.165) is 25.7 Å². The van der Waals surface area contributed by atoms with Gasteiger partial charge in [-0.15, -0.1) is 0 Å². The monoisotopic (exact) mass is 763 g/mol. The Labute approximate surface area is 319 Å². The maximum atomic E-state index is 13.1. The fraction of sp³-hybridized carbons (Fsp3) is 0.718. The van der Waals surface area contributed by atoms with Gasteiger partial charge in [0, 0.05) is 4.91 Å². The van der Waals surface area contributed by atoms with E-state index in [1.807, 2.05) is 6.08 Å². The van der Waals surface area contributed by atoms with Crippen molar-refractivity contribution in [1.29, 1.82) is 0 Å². The maximum absolute atomic E-state index is 13.1. The van der Waals surface area contributed by atoms with Crippen LogP contribution in [0.15, 0.2) is 47.6 Å². The number of rotatable bonds is 29. The molecule has 7 atom stereocenters. The number of carbonyl (C=O) groups excluding carboxylic acids is 3. The zero-order valence-corrected chi connectivity index (χ0v) is 32.1. The predicted octanol–water partition coefficient (Wildman–Crippen LogP) is 6.14. The van der Waals surface area contributed by atoms with Gasteiger partial charge in [0.15, 0.2) is 6.29 Å². The zero-order chi connectivity index (χ0) is 39.4. The summed E-state index contributed by atoms with van der Waals surface area (Å²) in [5.74, 6) is -1.97. The third-order valence-electron chi connectivity index (χ3n) is 8.71. The van der Waals surface area contributed by atoms with Gasteiger partial charge in [-0.3, -0.25) is 0 Å². The highest BCUT2D eigenvalue weighted by Crippen LogP contribution is 2.26. The Kier molecular flexibility index (Phi) is 24.9. The SMILES string of the molecule is CCCCCCCCCCCCC/C=C/[C@@H](OC(=O)c1ccccc1)[C@H](CO[C@H]1O[C@H](COCC(=O)OCC)[C@H](OCC(=O)OCC)[C@H](O)[C@H]1O)N=[N+]=[N-]. The Bertz CT molecular complexity index is 1260. The van der Waals surface area contributed by atoms with Crippen LogP contribution < -0.4 is 0 Å². The molecule has 15 nitrogen and oxygen atoms in total. The second kappa shape index (κ2) is 28.8. The minimum absolute atomic E-state index is 0.110. The number of nitrogens with zero attached hydrogens (tertiary/aromatic N) is 3. The Hall–Kier alpha value is -3.56. The first-order valence-corrected chi connectivity index (χ1v) is 19.4. The molecule has 15 heteroatoms. The largest absolute Gasteiger partial charge is 0.464 e. The van der Waals surface area contributed by atoms with Gasteiger partial charge in [-0.2, -0.15) is 0 Å². The maximum Gasteiger partial charge on any atom is 0.338 e. The van der Waals surface area contributed by atoms with Gasteiger partial charge >= 0.3 is 17.9 Å². The Balaban J connectivity index is 2.09.